The number of ketones is 1. The van der Waals surface area contributed by atoms with E-state index in [0.29, 0.717) is 11.1 Å². The molecule has 0 fully saturated rings. The Bertz CT molecular complexity index is 520. The number of nitrogens with one attached hydrogen (secondary N) is 1. The van der Waals surface area contributed by atoms with Gasteiger partial charge in [-0.3, -0.25) is 4.79 Å². The summed E-state index contributed by atoms with van der Waals surface area (Å²) in [5, 5.41) is 9.19. The lowest BCUT2D eigenvalue weighted by atomic mass is 10.2. The second-order valence-electron chi connectivity index (χ2n) is 2.92. The highest BCUT2D eigenvalue weighted by atomic mass is 16.4. The van der Waals surface area contributed by atoms with Crippen molar-refractivity contribution in [3.05, 3.63) is 23.6 Å². The molecule has 0 aliphatic carbocycles. The Morgan fingerprint density at radius 2 is 2.21 bits per heavy atom. The first-order valence-electron chi connectivity index (χ1n) is 3.94. The summed E-state index contributed by atoms with van der Waals surface area (Å²) in [6, 6.07) is 1.43. The maximum absolute atomic E-state index is 10.9. The molecule has 5 nitrogen and oxygen atoms in total. The van der Waals surface area contributed by atoms with Gasteiger partial charge in [0.2, 0.25) is 5.71 Å². The maximum Gasteiger partial charge on any atom is 0.337 e. The van der Waals surface area contributed by atoms with E-state index < -0.39 is 5.97 Å². The maximum atomic E-state index is 10.9. The average Bonchev–Trinajstić information content (AvgIpc) is 2.58. The highest BCUT2D eigenvalue weighted by Gasteiger charge is 2.16. The largest absolute Gasteiger partial charge is 0.478 e. The molecule has 0 radical (unpaired) electrons. The van der Waals surface area contributed by atoms with Crippen LogP contribution in [0.2, 0.25) is 0 Å². The van der Waals surface area contributed by atoms with E-state index in [0.717, 1.165) is 0 Å². The van der Waals surface area contributed by atoms with Crippen LogP contribution in [0.1, 0.15) is 27.8 Å². The fraction of sp³-hybridized carbons (Fsp3) is 0.111. The summed E-state index contributed by atoms with van der Waals surface area (Å²) in [5.74, 6) is -1.12. The lowest BCUT2D eigenvalue weighted by Crippen LogP contribution is -1.93. The minimum absolute atomic E-state index is 0.108. The smallest absolute Gasteiger partial charge is 0.337 e. The lowest BCUT2D eigenvalue weighted by Gasteiger charge is -1.84. The highest BCUT2D eigenvalue weighted by Crippen LogP contribution is 2.22. The van der Waals surface area contributed by atoms with E-state index in [-0.39, 0.29) is 17.1 Å². The number of carboxylic acid groups (broad SMARTS) is 1. The number of H-pyrrole nitrogens is 1. The molecule has 72 valence electrons. The predicted octanol–water partition coefficient (Wildman–Crippen LogP) is 1.66. The van der Waals surface area contributed by atoms with Crippen molar-refractivity contribution < 1.29 is 19.1 Å². The molecule has 0 unspecified atom stereocenters. The molecule has 5 heteroatoms. The molecule has 2 aromatic rings. The van der Waals surface area contributed by atoms with E-state index in [1.807, 2.05) is 0 Å². The average molecular weight is 193 g/mol. The Hall–Kier alpha value is -2.04. The van der Waals surface area contributed by atoms with Crippen molar-refractivity contribution in [2.24, 2.45) is 0 Å². The zero-order valence-corrected chi connectivity index (χ0v) is 7.33. The van der Waals surface area contributed by atoms with E-state index in [2.05, 4.69) is 4.98 Å². The number of aromatic carboxylic acids is 1. The number of rotatable bonds is 2. The summed E-state index contributed by atoms with van der Waals surface area (Å²) >= 11 is 0. The van der Waals surface area contributed by atoms with Crippen LogP contribution in [0.4, 0.5) is 0 Å². The molecule has 0 bridgehead atoms. The minimum Gasteiger partial charge on any atom is -0.478 e. The molecule has 0 amide bonds. The van der Waals surface area contributed by atoms with Gasteiger partial charge in [-0.25, -0.2) is 4.79 Å². The van der Waals surface area contributed by atoms with Crippen molar-refractivity contribution in [1.29, 1.82) is 0 Å². The first-order valence-corrected chi connectivity index (χ1v) is 3.94. The summed E-state index contributed by atoms with van der Waals surface area (Å²) in [6.07, 6.45) is 1.33. The van der Waals surface area contributed by atoms with E-state index in [1.54, 1.807) is 0 Å². The van der Waals surface area contributed by atoms with E-state index in [9.17, 15) is 9.59 Å². The Labute approximate surface area is 78.3 Å². The number of hydrogen-bond acceptors (Lipinski definition) is 3. The molecule has 14 heavy (non-hydrogen) atoms. The van der Waals surface area contributed by atoms with Crippen molar-refractivity contribution >= 4 is 22.9 Å². The van der Waals surface area contributed by atoms with Gasteiger partial charge in [0, 0.05) is 13.1 Å². The fourth-order valence-electron chi connectivity index (χ4n) is 1.26. The number of carbonyl (C=O) groups is 2. The Morgan fingerprint density at radius 1 is 1.50 bits per heavy atom. The molecule has 0 aliphatic rings. The number of fused-ring (bicyclic) bond motifs is 1. The van der Waals surface area contributed by atoms with E-state index >= 15 is 0 Å². The molecule has 0 spiro atoms. The summed E-state index contributed by atoms with van der Waals surface area (Å²) in [7, 11) is 0. The van der Waals surface area contributed by atoms with Crippen molar-refractivity contribution in [1.82, 2.24) is 4.98 Å². The van der Waals surface area contributed by atoms with Gasteiger partial charge in [0.05, 0.1) is 10.9 Å². The van der Waals surface area contributed by atoms with Crippen molar-refractivity contribution in [2.45, 2.75) is 6.92 Å². The molecule has 2 rings (SSSR count). The number of carbonyl (C=O) groups excluding carboxylic acids is 1. The number of hydrogen-bond donors (Lipinski definition) is 2. The second-order valence-corrected chi connectivity index (χ2v) is 2.92. The number of aromatic nitrogens is 1. The van der Waals surface area contributed by atoms with Crippen molar-refractivity contribution in [3.8, 4) is 0 Å². The number of Topliss-reactive ketones (excluding diaryl/α,β-unsaturated/α-hetero) is 1. The van der Waals surface area contributed by atoms with Gasteiger partial charge in [-0.1, -0.05) is 0 Å². The van der Waals surface area contributed by atoms with Crippen molar-refractivity contribution in [3.63, 3.8) is 0 Å². The van der Waals surface area contributed by atoms with E-state index in [1.165, 1.54) is 19.2 Å². The third kappa shape index (κ3) is 1.10. The third-order valence-electron chi connectivity index (χ3n) is 1.95. The van der Waals surface area contributed by atoms with Crippen LogP contribution < -0.4 is 0 Å². The molecule has 2 N–H and O–H groups in total. The third-order valence-corrected chi connectivity index (χ3v) is 1.95. The number of aromatic amines is 1. The predicted molar refractivity (Wildman–Crippen MR) is 47.5 cm³/mol. The molecule has 2 aromatic heterocycles. The second kappa shape index (κ2) is 2.73. The molecular formula is C9H7NO4. The van der Waals surface area contributed by atoms with Crippen LogP contribution in [0.3, 0.4) is 0 Å². The monoisotopic (exact) mass is 193 g/mol. The molecule has 0 aromatic carbocycles. The van der Waals surface area contributed by atoms with Crippen LogP contribution in [-0.2, 0) is 0 Å². The van der Waals surface area contributed by atoms with Crippen LogP contribution in [0.25, 0.3) is 11.1 Å². The topological polar surface area (TPSA) is 83.3 Å². The molecule has 0 atom stereocenters. The van der Waals surface area contributed by atoms with Crippen LogP contribution in [0.15, 0.2) is 16.7 Å². The summed E-state index contributed by atoms with van der Waals surface area (Å²) < 4.78 is 5.09. The Morgan fingerprint density at radius 3 is 2.79 bits per heavy atom. The standard InChI is InChI=1S/C9H7NO4/c1-4(11)7-2-5-6(9(12)13)3-10-8(5)14-7/h2-3,10H,1H3,(H,12,13). The van der Waals surface area contributed by atoms with E-state index in [4.69, 9.17) is 9.52 Å². The van der Waals surface area contributed by atoms with Gasteiger partial charge in [-0.05, 0) is 6.07 Å². The van der Waals surface area contributed by atoms with Gasteiger partial charge in [-0.2, -0.15) is 0 Å². The van der Waals surface area contributed by atoms with Gasteiger partial charge in [0.15, 0.2) is 11.5 Å². The van der Waals surface area contributed by atoms with Gasteiger partial charge in [-0.15, -0.1) is 0 Å². The molecule has 0 saturated carbocycles. The molecule has 0 saturated heterocycles. The van der Waals surface area contributed by atoms with Crippen LogP contribution >= 0.6 is 0 Å². The van der Waals surface area contributed by atoms with Crippen LogP contribution in [0, 0.1) is 0 Å². The normalized spacial score (nSPS) is 10.6. The number of carboxylic acids is 1. The lowest BCUT2D eigenvalue weighted by molar-refractivity contribution is 0.0698. The quantitative estimate of drug-likeness (QED) is 0.710. The Kier molecular flexibility index (Phi) is 1.67. The summed E-state index contributed by atoms with van der Waals surface area (Å²) in [6.45, 7) is 1.36. The van der Waals surface area contributed by atoms with Gasteiger partial charge in [0.1, 0.15) is 0 Å². The SMILES string of the molecule is CC(=O)c1cc2c(C(=O)O)c[nH]c2o1. The molecule has 0 aliphatic heterocycles. The van der Waals surface area contributed by atoms with Gasteiger partial charge < -0.3 is 14.5 Å². The number of furan rings is 1. The highest BCUT2D eigenvalue weighted by molar-refractivity contribution is 6.04. The van der Waals surface area contributed by atoms with Crippen molar-refractivity contribution in [2.75, 3.05) is 0 Å². The Balaban J connectivity index is 2.67. The summed E-state index contributed by atoms with van der Waals surface area (Å²) in [4.78, 5) is 24.3. The van der Waals surface area contributed by atoms with Gasteiger partial charge in [0.25, 0.3) is 0 Å². The summed E-state index contributed by atoms with van der Waals surface area (Å²) in [5.41, 5.74) is 0.420. The fourth-order valence-corrected chi connectivity index (χ4v) is 1.26. The minimum atomic E-state index is -1.05. The zero-order chi connectivity index (χ0) is 10.3. The van der Waals surface area contributed by atoms with Gasteiger partial charge >= 0.3 is 5.97 Å². The molecular weight excluding hydrogens is 186 g/mol. The zero-order valence-electron chi connectivity index (χ0n) is 7.33. The van der Waals surface area contributed by atoms with Crippen LogP contribution in [-0.4, -0.2) is 21.8 Å². The molecule has 2 heterocycles. The van der Waals surface area contributed by atoms with Crippen LogP contribution in [0.5, 0.6) is 0 Å². The first kappa shape index (κ1) is 8.55. The first-order chi connectivity index (χ1) is 6.59.